The lowest BCUT2D eigenvalue weighted by Gasteiger charge is -2.42. The first-order valence-corrected chi connectivity index (χ1v) is 9.27. The molecule has 0 spiro atoms. The Bertz CT molecular complexity index is 527. The largest absolute Gasteiger partial charge is 0.336 e. The fourth-order valence-corrected chi connectivity index (χ4v) is 5.38. The van der Waals surface area contributed by atoms with E-state index < -0.39 is 0 Å². The summed E-state index contributed by atoms with van der Waals surface area (Å²) in [7, 11) is 0. The molecular formula is C17H24N2OS. The molecule has 1 aromatic rings. The number of nitrogens with zero attached hydrogens (tertiary/aromatic N) is 2. The van der Waals surface area contributed by atoms with Crippen LogP contribution in [0.4, 0.5) is 0 Å². The number of fused-ring (bicyclic) bond motifs is 1. The van der Waals surface area contributed by atoms with Gasteiger partial charge in [0.2, 0.25) is 5.91 Å². The first-order valence-electron chi connectivity index (χ1n) is 8.39. The molecule has 1 saturated heterocycles. The van der Waals surface area contributed by atoms with E-state index in [1.165, 1.54) is 36.1 Å². The summed E-state index contributed by atoms with van der Waals surface area (Å²) in [4.78, 5) is 19.5. The van der Waals surface area contributed by atoms with Crippen molar-refractivity contribution in [3.63, 3.8) is 0 Å². The van der Waals surface area contributed by atoms with Crippen molar-refractivity contribution in [2.45, 2.75) is 57.0 Å². The Balaban J connectivity index is 1.57. The average Bonchev–Trinajstić information content (AvgIpc) is 3.24. The van der Waals surface area contributed by atoms with Crippen LogP contribution in [0.25, 0.3) is 0 Å². The lowest BCUT2D eigenvalue weighted by atomic mass is 9.92. The predicted octanol–water partition coefficient (Wildman–Crippen LogP) is 3.04. The van der Waals surface area contributed by atoms with E-state index in [1.54, 1.807) is 0 Å². The van der Waals surface area contributed by atoms with E-state index in [0.29, 0.717) is 5.91 Å². The molecule has 3 heterocycles. The van der Waals surface area contributed by atoms with Crippen LogP contribution in [0.2, 0.25) is 0 Å². The fourth-order valence-electron chi connectivity index (χ4n) is 4.49. The molecule has 1 aromatic heterocycles. The zero-order valence-electron chi connectivity index (χ0n) is 12.6. The molecule has 0 bridgehead atoms. The van der Waals surface area contributed by atoms with E-state index in [9.17, 15) is 4.79 Å². The molecule has 3 aliphatic rings. The SMILES string of the molecule is O=C(N1CCc2sccc2C1)C1(N2CCCC2)CCCC1. The van der Waals surface area contributed by atoms with Crippen LogP contribution in [0.5, 0.6) is 0 Å². The quantitative estimate of drug-likeness (QED) is 0.838. The monoisotopic (exact) mass is 304 g/mol. The second-order valence-electron chi connectivity index (χ2n) is 6.78. The van der Waals surface area contributed by atoms with Crippen molar-refractivity contribution in [3.8, 4) is 0 Å². The van der Waals surface area contributed by atoms with Gasteiger partial charge in [0.25, 0.3) is 0 Å². The second kappa shape index (κ2) is 5.40. The number of rotatable bonds is 2. The Kier molecular flexibility index (Phi) is 3.54. The molecule has 4 heteroatoms. The van der Waals surface area contributed by atoms with E-state index >= 15 is 0 Å². The highest BCUT2D eigenvalue weighted by atomic mass is 32.1. The van der Waals surface area contributed by atoms with Crippen LogP contribution in [-0.4, -0.2) is 40.9 Å². The van der Waals surface area contributed by atoms with E-state index in [-0.39, 0.29) is 5.54 Å². The number of carbonyl (C=O) groups is 1. The Labute approximate surface area is 130 Å². The highest BCUT2D eigenvalue weighted by molar-refractivity contribution is 7.10. The minimum absolute atomic E-state index is 0.149. The third kappa shape index (κ3) is 2.23. The van der Waals surface area contributed by atoms with Crippen molar-refractivity contribution in [2.75, 3.05) is 19.6 Å². The molecule has 0 unspecified atom stereocenters. The van der Waals surface area contributed by atoms with Crippen molar-refractivity contribution in [2.24, 2.45) is 0 Å². The van der Waals surface area contributed by atoms with Gasteiger partial charge in [-0.25, -0.2) is 0 Å². The third-order valence-corrected chi connectivity index (χ3v) is 6.66. The Hall–Kier alpha value is -0.870. The smallest absolute Gasteiger partial charge is 0.243 e. The summed E-state index contributed by atoms with van der Waals surface area (Å²) < 4.78 is 0. The van der Waals surface area contributed by atoms with Crippen LogP contribution in [0.3, 0.4) is 0 Å². The number of carbonyl (C=O) groups excluding carboxylic acids is 1. The first-order chi connectivity index (χ1) is 10.3. The van der Waals surface area contributed by atoms with Crippen molar-refractivity contribution >= 4 is 17.2 Å². The summed E-state index contributed by atoms with van der Waals surface area (Å²) >= 11 is 1.85. The summed E-state index contributed by atoms with van der Waals surface area (Å²) in [6.07, 6.45) is 8.19. The number of hydrogen-bond acceptors (Lipinski definition) is 3. The van der Waals surface area contributed by atoms with Crippen LogP contribution in [0.15, 0.2) is 11.4 Å². The maximum Gasteiger partial charge on any atom is 0.243 e. The summed E-state index contributed by atoms with van der Waals surface area (Å²) in [6.45, 7) is 4.02. The molecule has 3 nitrogen and oxygen atoms in total. The lowest BCUT2D eigenvalue weighted by Crippen LogP contribution is -2.58. The summed E-state index contributed by atoms with van der Waals surface area (Å²) in [6, 6.07) is 2.20. The van der Waals surface area contributed by atoms with Gasteiger partial charge >= 0.3 is 0 Å². The van der Waals surface area contributed by atoms with E-state index in [1.807, 2.05) is 11.3 Å². The topological polar surface area (TPSA) is 23.6 Å². The molecule has 0 N–H and O–H groups in total. The van der Waals surface area contributed by atoms with Crippen LogP contribution in [-0.2, 0) is 17.8 Å². The zero-order chi connectivity index (χ0) is 14.3. The number of thiophene rings is 1. The molecule has 21 heavy (non-hydrogen) atoms. The average molecular weight is 304 g/mol. The van der Waals surface area contributed by atoms with Crippen LogP contribution >= 0.6 is 11.3 Å². The minimum Gasteiger partial charge on any atom is -0.336 e. The Morgan fingerprint density at radius 3 is 2.62 bits per heavy atom. The van der Waals surface area contributed by atoms with Crippen LogP contribution in [0, 0.1) is 0 Å². The van der Waals surface area contributed by atoms with Gasteiger partial charge in [-0.15, -0.1) is 11.3 Å². The van der Waals surface area contributed by atoms with Gasteiger partial charge in [0.05, 0.1) is 0 Å². The molecule has 0 atom stereocenters. The van der Waals surface area contributed by atoms with E-state index in [2.05, 4.69) is 21.2 Å². The van der Waals surface area contributed by atoms with Gasteiger partial charge < -0.3 is 4.90 Å². The van der Waals surface area contributed by atoms with E-state index in [4.69, 9.17) is 0 Å². The standard InChI is InChI=1S/C17H24N2OS/c20-16(18-11-5-15-14(13-18)6-12-21-15)17(7-1-2-8-17)19-9-3-4-10-19/h6,12H,1-5,7-11,13H2. The second-order valence-corrected chi connectivity index (χ2v) is 7.78. The van der Waals surface area contributed by atoms with Gasteiger partial charge in [-0.1, -0.05) is 12.8 Å². The fraction of sp³-hybridized carbons (Fsp3) is 0.706. The van der Waals surface area contributed by atoms with Gasteiger partial charge in [-0.05, 0) is 62.2 Å². The molecule has 4 rings (SSSR count). The highest BCUT2D eigenvalue weighted by Gasteiger charge is 2.48. The first kappa shape index (κ1) is 13.8. The minimum atomic E-state index is -0.149. The van der Waals surface area contributed by atoms with Gasteiger partial charge in [0.1, 0.15) is 5.54 Å². The van der Waals surface area contributed by atoms with Gasteiger partial charge in [0.15, 0.2) is 0 Å². The molecule has 2 aliphatic heterocycles. The molecule has 0 radical (unpaired) electrons. The zero-order valence-corrected chi connectivity index (χ0v) is 13.5. The predicted molar refractivity (Wildman–Crippen MR) is 85.4 cm³/mol. The molecule has 1 amide bonds. The van der Waals surface area contributed by atoms with Crippen LogP contribution < -0.4 is 0 Å². The van der Waals surface area contributed by atoms with Crippen molar-refractivity contribution in [1.29, 1.82) is 0 Å². The summed E-state index contributed by atoms with van der Waals surface area (Å²) in [5.74, 6) is 0.429. The van der Waals surface area contributed by atoms with Crippen LogP contribution in [0.1, 0.15) is 49.0 Å². The maximum atomic E-state index is 13.3. The number of hydrogen-bond donors (Lipinski definition) is 0. The molecule has 1 aliphatic carbocycles. The van der Waals surface area contributed by atoms with Crippen molar-refractivity contribution < 1.29 is 4.79 Å². The van der Waals surface area contributed by atoms with Gasteiger partial charge in [-0.3, -0.25) is 9.69 Å². The third-order valence-electron chi connectivity index (χ3n) is 5.64. The van der Waals surface area contributed by atoms with Crippen molar-refractivity contribution in [3.05, 3.63) is 21.9 Å². The molecular weight excluding hydrogens is 280 g/mol. The van der Waals surface area contributed by atoms with Crippen molar-refractivity contribution in [1.82, 2.24) is 9.80 Å². The molecule has 2 fully saturated rings. The molecule has 0 aromatic carbocycles. The normalized spacial score (nSPS) is 25.2. The molecule has 114 valence electrons. The Morgan fingerprint density at radius 2 is 1.86 bits per heavy atom. The number of amides is 1. The Morgan fingerprint density at radius 1 is 1.10 bits per heavy atom. The molecule has 1 saturated carbocycles. The summed E-state index contributed by atoms with van der Waals surface area (Å²) in [5, 5.41) is 2.17. The van der Waals surface area contributed by atoms with Gasteiger partial charge in [0, 0.05) is 18.0 Å². The van der Waals surface area contributed by atoms with E-state index in [0.717, 1.165) is 45.4 Å². The maximum absolute atomic E-state index is 13.3. The lowest BCUT2D eigenvalue weighted by molar-refractivity contribution is -0.145. The highest BCUT2D eigenvalue weighted by Crippen LogP contribution is 2.40. The summed E-state index contributed by atoms with van der Waals surface area (Å²) in [5.41, 5.74) is 1.23. The van der Waals surface area contributed by atoms with Gasteiger partial charge in [-0.2, -0.15) is 0 Å². The number of likely N-dealkylation sites (tertiary alicyclic amines) is 1.